The van der Waals surface area contributed by atoms with Crippen LogP contribution in [0, 0.1) is 18.6 Å². The van der Waals surface area contributed by atoms with Crippen molar-refractivity contribution in [3.63, 3.8) is 0 Å². The van der Waals surface area contributed by atoms with E-state index in [-0.39, 0.29) is 30.3 Å². The molecule has 0 fully saturated rings. The maximum atomic E-state index is 13.7. The number of hydrogen-bond donors (Lipinski definition) is 2. The third kappa shape index (κ3) is 5.14. The van der Waals surface area contributed by atoms with Crippen molar-refractivity contribution in [3.8, 4) is 0 Å². The Morgan fingerprint density at radius 3 is 2.71 bits per heavy atom. The highest BCUT2D eigenvalue weighted by Crippen LogP contribution is 2.27. The molecule has 6 nitrogen and oxygen atoms in total. The van der Waals surface area contributed by atoms with E-state index in [9.17, 15) is 23.2 Å². The first-order chi connectivity index (χ1) is 16.3. The average Bonchev–Trinajstić information content (AvgIpc) is 3.28. The van der Waals surface area contributed by atoms with E-state index in [1.54, 1.807) is 36.5 Å². The van der Waals surface area contributed by atoms with Gasteiger partial charge >= 0.3 is 0 Å². The first kappa shape index (κ1) is 23.6. The summed E-state index contributed by atoms with van der Waals surface area (Å²) in [6, 6.07) is 9.89. The van der Waals surface area contributed by atoms with E-state index in [0.717, 1.165) is 18.6 Å². The molecular formula is C25H23F2N3O3S. The Kier molecular flexibility index (Phi) is 7.02. The van der Waals surface area contributed by atoms with Crippen molar-refractivity contribution in [1.29, 1.82) is 0 Å². The lowest BCUT2D eigenvalue weighted by Crippen LogP contribution is -2.35. The Bertz CT molecular complexity index is 1260. The van der Waals surface area contributed by atoms with E-state index in [1.165, 1.54) is 10.4 Å². The van der Waals surface area contributed by atoms with Crippen LogP contribution in [-0.2, 0) is 17.8 Å². The lowest BCUT2D eigenvalue weighted by molar-refractivity contribution is -0.116. The number of hydrogen-bond acceptors (Lipinski definition) is 4. The maximum absolute atomic E-state index is 13.7. The van der Waals surface area contributed by atoms with Gasteiger partial charge in [-0.3, -0.25) is 14.4 Å². The monoisotopic (exact) mass is 483 g/mol. The van der Waals surface area contributed by atoms with E-state index in [0.29, 0.717) is 36.0 Å². The van der Waals surface area contributed by atoms with Gasteiger partial charge in [0, 0.05) is 48.2 Å². The van der Waals surface area contributed by atoms with Gasteiger partial charge in [0.25, 0.3) is 11.8 Å². The Balaban J connectivity index is 1.34. The van der Waals surface area contributed by atoms with E-state index in [1.807, 2.05) is 16.3 Å². The molecule has 2 aromatic carbocycles. The van der Waals surface area contributed by atoms with Gasteiger partial charge in [0.2, 0.25) is 5.91 Å². The van der Waals surface area contributed by atoms with Crippen molar-refractivity contribution < 1.29 is 23.2 Å². The second-order valence-corrected chi connectivity index (χ2v) is 9.00. The summed E-state index contributed by atoms with van der Waals surface area (Å²) in [5.41, 5.74) is 2.58. The molecule has 9 heteroatoms. The highest BCUT2D eigenvalue weighted by atomic mass is 32.1. The number of anilines is 1. The largest absolute Gasteiger partial charge is 0.351 e. The molecule has 1 aromatic heterocycles. The molecule has 0 aliphatic carbocycles. The number of halogens is 2. The van der Waals surface area contributed by atoms with E-state index in [4.69, 9.17) is 0 Å². The minimum Gasteiger partial charge on any atom is -0.351 e. The molecule has 3 amide bonds. The topological polar surface area (TPSA) is 78.5 Å². The van der Waals surface area contributed by atoms with Crippen molar-refractivity contribution in [3.05, 3.63) is 86.6 Å². The molecule has 0 atom stereocenters. The fraction of sp³-hybridized carbons (Fsp3) is 0.240. The SMILES string of the molecule is Cc1c(NC(=O)CCNC(=O)c2ccc(F)cc2F)cccc1C(=O)N1CCc2sccc2C1. The normalized spacial score (nSPS) is 12.7. The summed E-state index contributed by atoms with van der Waals surface area (Å²) >= 11 is 1.71. The predicted molar refractivity (Wildman–Crippen MR) is 126 cm³/mol. The smallest absolute Gasteiger partial charge is 0.254 e. The molecule has 4 rings (SSSR count). The van der Waals surface area contributed by atoms with Crippen LogP contribution < -0.4 is 10.6 Å². The van der Waals surface area contributed by atoms with E-state index < -0.39 is 17.5 Å². The van der Waals surface area contributed by atoms with Gasteiger partial charge in [0.05, 0.1) is 5.56 Å². The Morgan fingerprint density at radius 2 is 1.91 bits per heavy atom. The zero-order valence-corrected chi connectivity index (χ0v) is 19.3. The van der Waals surface area contributed by atoms with Gasteiger partial charge in [0.1, 0.15) is 11.6 Å². The quantitative estimate of drug-likeness (QED) is 0.549. The highest BCUT2D eigenvalue weighted by Gasteiger charge is 2.24. The van der Waals surface area contributed by atoms with Crippen molar-refractivity contribution >= 4 is 34.7 Å². The Morgan fingerprint density at radius 1 is 1.09 bits per heavy atom. The van der Waals surface area contributed by atoms with Crippen molar-refractivity contribution in [2.24, 2.45) is 0 Å². The number of rotatable bonds is 6. The first-order valence-corrected chi connectivity index (χ1v) is 11.7. The Labute approximate surface area is 199 Å². The molecule has 2 N–H and O–H groups in total. The fourth-order valence-corrected chi connectivity index (χ4v) is 4.76. The summed E-state index contributed by atoms with van der Waals surface area (Å²) < 4.78 is 26.7. The molecule has 0 bridgehead atoms. The van der Waals surface area contributed by atoms with Crippen LogP contribution >= 0.6 is 11.3 Å². The number of nitrogens with zero attached hydrogens (tertiary/aromatic N) is 1. The first-order valence-electron chi connectivity index (χ1n) is 10.8. The maximum Gasteiger partial charge on any atom is 0.254 e. The molecular weight excluding hydrogens is 460 g/mol. The molecule has 34 heavy (non-hydrogen) atoms. The van der Waals surface area contributed by atoms with Gasteiger partial charge in [0.15, 0.2) is 0 Å². The molecule has 0 saturated heterocycles. The number of carbonyl (C=O) groups excluding carboxylic acids is 3. The minimum atomic E-state index is -0.969. The number of carbonyl (C=O) groups is 3. The number of thiophene rings is 1. The molecule has 0 radical (unpaired) electrons. The second-order valence-electron chi connectivity index (χ2n) is 8.00. The molecule has 0 spiro atoms. The van der Waals surface area contributed by atoms with Crippen LogP contribution in [0.4, 0.5) is 14.5 Å². The van der Waals surface area contributed by atoms with Gasteiger partial charge in [-0.25, -0.2) is 8.78 Å². The van der Waals surface area contributed by atoms with Crippen molar-refractivity contribution in [2.45, 2.75) is 26.3 Å². The summed E-state index contributed by atoms with van der Waals surface area (Å²) in [5.74, 6) is -2.93. The van der Waals surface area contributed by atoms with Crippen LogP contribution in [0.5, 0.6) is 0 Å². The summed E-state index contributed by atoms with van der Waals surface area (Å²) in [5, 5.41) is 7.26. The van der Waals surface area contributed by atoms with Crippen LogP contribution in [0.3, 0.4) is 0 Å². The third-order valence-corrected chi connectivity index (χ3v) is 6.77. The number of fused-ring (bicyclic) bond motifs is 1. The number of amides is 3. The molecule has 3 aromatic rings. The molecule has 176 valence electrons. The average molecular weight is 484 g/mol. The van der Waals surface area contributed by atoms with Gasteiger partial charge in [-0.1, -0.05) is 6.07 Å². The van der Waals surface area contributed by atoms with Gasteiger partial charge in [-0.15, -0.1) is 11.3 Å². The lowest BCUT2D eigenvalue weighted by Gasteiger charge is -2.28. The van der Waals surface area contributed by atoms with E-state index >= 15 is 0 Å². The highest BCUT2D eigenvalue weighted by molar-refractivity contribution is 7.10. The third-order valence-electron chi connectivity index (χ3n) is 5.75. The zero-order valence-electron chi connectivity index (χ0n) is 18.5. The molecule has 0 saturated carbocycles. The predicted octanol–water partition coefficient (Wildman–Crippen LogP) is 4.29. The number of benzene rings is 2. The van der Waals surface area contributed by atoms with Crippen molar-refractivity contribution in [1.82, 2.24) is 10.2 Å². The molecule has 1 aliphatic heterocycles. The molecule has 1 aliphatic rings. The standard InChI is InChI=1S/C25H23F2N3O3S/c1-15-18(25(33)30-11-8-22-16(14-30)9-12-34-22)3-2-4-21(15)29-23(31)7-10-28-24(32)19-6-5-17(26)13-20(19)27/h2-6,9,12-13H,7-8,10-11,14H2,1H3,(H,28,32)(H,29,31). The van der Waals surface area contributed by atoms with Gasteiger partial charge in [-0.05, 0) is 60.2 Å². The second kappa shape index (κ2) is 10.1. The summed E-state index contributed by atoms with van der Waals surface area (Å²) in [6.07, 6.45) is 0.779. The van der Waals surface area contributed by atoms with E-state index in [2.05, 4.69) is 10.6 Å². The molecule has 2 heterocycles. The van der Waals surface area contributed by atoms with Crippen molar-refractivity contribution in [2.75, 3.05) is 18.4 Å². The van der Waals surface area contributed by atoms with Gasteiger partial charge < -0.3 is 15.5 Å². The van der Waals surface area contributed by atoms with Crippen LogP contribution in [0.15, 0.2) is 47.8 Å². The van der Waals surface area contributed by atoms with Crippen LogP contribution in [0.25, 0.3) is 0 Å². The lowest BCUT2D eigenvalue weighted by atomic mass is 10.0. The molecule has 0 unspecified atom stereocenters. The Hall–Kier alpha value is -3.59. The summed E-state index contributed by atoms with van der Waals surface area (Å²) in [6.45, 7) is 2.97. The zero-order chi connectivity index (χ0) is 24.2. The summed E-state index contributed by atoms with van der Waals surface area (Å²) in [7, 11) is 0. The van der Waals surface area contributed by atoms with Crippen LogP contribution in [0.2, 0.25) is 0 Å². The van der Waals surface area contributed by atoms with Crippen LogP contribution in [-0.4, -0.2) is 35.7 Å². The van der Waals surface area contributed by atoms with Gasteiger partial charge in [-0.2, -0.15) is 0 Å². The fourth-order valence-electron chi connectivity index (χ4n) is 3.87. The van der Waals surface area contributed by atoms with Crippen LogP contribution in [0.1, 0.15) is 43.1 Å². The summed E-state index contributed by atoms with van der Waals surface area (Å²) in [4.78, 5) is 40.7. The number of nitrogens with one attached hydrogen (secondary N) is 2. The minimum absolute atomic E-state index is 0.0318.